The predicted molar refractivity (Wildman–Crippen MR) is 100 cm³/mol. The molecule has 26 heavy (non-hydrogen) atoms. The third-order valence-corrected chi connectivity index (χ3v) is 5.08. The van der Waals surface area contributed by atoms with E-state index in [4.69, 9.17) is 11.6 Å². The zero-order chi connectivity index (χ0) is 18.5. The Morgan fingerprint density at radius 3 is 2.42 bits per heavy atom. The van der Waals surface area contributed by atoms with Crippen LogP contribution >= 0.6 is 22.9 Å². The van der Waals surface area contributed by atoms with Crippen LogP contribution in [0.5, 0.6) is 0 Å². The van der Waals surface area contributed by atoms with E-state index in [0.29, 0.717) is 15.5 Å². The minimum Gasteiger partial charge on any atom is -0.273 e. The lowest BCUT2D eigenvalue weighted by molar-refractivity contribution is -0.121. The summed E-state index contributed by atoms with van der Waals surface area (Å²) < 4.78 is 13.0. The average Bonchev–Trinajstić information content (AvgIpc) is 3.12. The number of halogens is 2. The van der Waals surface area contributed by atoms with Crippen LogP contribution in [0.4, 0.5) is 4.39 Å². The summed E-state index contributed by atoms with van der Waals surface area (Å²) >= 11 is 7.26. The second kappa shape index (κ2) is 8.12. The molecule has 3 aromatic rings. The summed E-state index contributed by atoms with van der Waals surface area (Å²) in [5.74, 6) is -1.11. The van der Waals surface area contributed by atoms with Crippen molar-refractivity contribution < 1.29 is 14.0 Å². The van der Waals surface area contributed by atoms with Crippen LogP contribution in [0.15, 0.2) is 60.7 Å². The summed E-state index contributed by atoms with van der Waals surface area (Å²) in [6.45, 7) is 0. The van der Waals surface area contributed by atoms with Gasteiger partial charge in [0.1, 0.15) is 5.82 Å². The van der Waals surface area contributed by atoms with E-state index in [-0.39, 0.29) is 18.1 Å². The molecule has 2 aromatic carbocycles. The van der Waals surface area contributed by atoms with Crippen molar-refractivity contribution in [2.45, 2.75) is 6.42 Å². The largest absolute Gasteiger partial charge is 0.279 e. The number of thiophene rings is 1. The van der Waals surface area contributed by atoms with Gasteiger partial charge < -0.3 is 0 Å². The van der Waals surface area contributed by atoms with Gasteiger partial charge in [-0.2, -0.15) is 0 Å². The molecule has 0 bridgehead atoms. The number of rotatable bonds is 4. The number of nitrogens with one attached hydrogen (secondary N) is 2. The van der Waals surface area contributed by atoms with Crippen molar-refractivity contribution in [3.8, 4) is 10.4 Å². The highest BCUT2D eigenvalue weighted by Crippen LogP contribution is 2.28. The van der Waals surface area contributed by atoms with Gasteiger partial charge in [0, 0.05) is 9.90 Å². The predicted octanol–water partition coefficient (Wildman–Crippen LogP) is 4.21. The fraction of sp³-hybridized carbons (Fsp3) is 0.0526. The van der Waals surface area contributed by atoms with E-state index < -0.39 is 5.91 Å². The molecule has 1 heterocycles. The molecule has 0 fully saturated rings. The molecule has 0 radical (unpaired) electrons. The topological polar surface area (TPSA) is 58.2 Å². The first kappa shape index (κ1) is 18.1. The molecule has 4 nitrogen and oxygen atoms in total. The van der Waals surface area contributed by atoms with E-state index in [1.54, 1.807) is 48.5 Å². The lowest BCUT2D eigenvalue weighted by Gasteiger charge is -2.07. The van der Waals surface area contributed by atoms with Gasteiger partial charge in [-0.15, -0.1) is 11.3 Å². The van der Waals surface area contributed by atoms with Crippen LogP contribution in [0.1, 0.15) is 15.2 Å². The standard InChI is InChI=1S/C19H14ClFN2O2S/c20-15-4-2-1-3-13(15)11-18(24)22-23-19(25)17-10-9-16(26-17)12-5-7-14(21)8-6-12/h1-10H,11H2,(H,22,24)(H,23,25). The van der Waals surface area contributed by atoms with Crippen LogP contribution in [0.25, 0.3) is 10.4 Å². The van der Waals surface area contributed by atoms with Gasteiger partial charge in [0.25, 0.3) is 5.91 Å². The second-order valence-corrected chi connectivity index (χ2v) is 6.93. The van der Waals surface area contributed by atoms with Crippen molar-refractivity contribution in [1.82, 2.24) is 10.9 Å². The normalized spacial score (nSPS) is 10.4. The first-order valence-corrected chi connectivity index (χ1v) is 8.91. The van der Waals surface area contributed by atoms with Crippen molar-refractivity contribution in [2.24, 2.45) is 0 Å². The van der Waals surface area contributed by atoms with E-state index in [1.165, 1.54) is 23.5 Å². The highest BCUT2D eigenvalue weighted by atomic mass is 35.5. The Hall–Kier alpha value is -2.70. The molecule has 0 unspecified atom stereocenters. The van der Waals surface area contributed by atoms with Crippen molar-refractivity contribution in [1.29, 1.82) is 0 Å². The second-order valence-electron chi connectivity index (χ2n) is 5.44. The van der Waals surface area contributed by atoms with Crippen LogP contribution in [0.3, 0.4) is 0 Å². The number of carbonyl (C=O) groups is 2. The summed E-state index contributed by atoms with van der Waals surface area (Å²) in [5.41, 5.74) is 6.25. The number of hydrogen-bond acceptors (Lipinski definition) is 3. The molecule has 7 heteroatoms. The van der Waals surface area contributed by atoms with Crippen LogP contribution in [0.2, 0.25) is 5.02 Å². The van der Waals surface area contributed by atoms with Gasteiger partial charge in [0.15, 0.2) is 0 Å². The Morgan fingerprint density at radius 2 is 1.69 bits per heavy atom. The summed E-state index contributed by atoms with van der Waals surface area (Å²) in [5, 5.41) is 0.496. The molecule has 2 amide bonds. The fourth-order valence-electron chi connectivity index (χ4n) is 2.28. The molecule has 2 N–H and O–H groups in total. The molecule has 0 saturated carbocycles. The maximum atomic E-state index is 13.0. The first-order chi connectivity index (χ1) is 12.5. The zero-order valence-electron chi connectivity index (χ0n) is 13.5. The minimum atomic E-state index is -0.420. The summed E-state index contributed by atoms with van der Waals surface area (Å²) in [6.07, 6.45) is 0.0607. The van der Waals surface area contributed by atoms with Crippen LogP contribution in [0, 0.1) is 5.82 Å². The molecule has 0 saturated heterocycles. The Kier molecular flexibility index (Phi) is 5.65. The summed E-state index contributed by atoms with van der Waals surface area (Å²) in [6, 6.07) is 16.5. The average molecular weight is 389 g/mol. The maximum absolute atomic E-state index is 13.0. The summed E-state index contributed by atoms with van der Waals surface area (Å²) in [7, 11) is 0. The molecule has 0 aliphatic carbocycles. The molecule has 3 rings (SSSR count). The molecular formula is C19H14ClFN2O2S. The third kappa shape index (κ3) is 4.47. The molecule has 0 spiro atoms. The van der Waals surface area contributed by atoms with Gasteiger partial charge in [-0.3, -0.25) is 20.4 Å². The monoisotopic (exact) mass is 388 g/mol. The van der Waals surface area contributed by atoms with Gasteiger partial charge in [0.05, 0.1) is 11.3 Å². The highest BCUT2D eigenvalue weighted by molar-refractivity contribution is 7.17. The zero-order valence-corrected chi connectivity index (χ0v) is 15.0. The van der Waals surface area contributed by atoms with E-state index in [1.807, 2.05) is 0 Å². The molecule has 132 valence electrons. The molecule has 0 atom stereocenters. The number of amides is 2. The molecule has 0 aliphatic rings. The SMILES string of the molecule is O=C(Cc1ccccc1Cl)NNC(=O)c1ccc(-c2ccc(F)cc2)s1. The quantitative estimate of drug-likeness (QED) is 0.658. The van der Waals surface area contributed by atoms with Gasteiger partial charge >= 0.3 is 0 Å². The molecule has 0 aliphatic heterocycles. The van der Waals surface area contributed by atoms with Crippen molar-refractivity contribution in [3.05, 3.63) is 81.9 Å². The smallest absolute Gasteiger partial charge is 0.273 e. The van der Waals surface area contributed by atoms with Crippen LogP contribution in [-0.4, -0.2) is 11.8 Å². The highest BCUT2D eigenvalue weighted by Gasteiger charge is 2.12. The summed E-state index contributed by atoms with van der Waals surface area (Å²) in [4.78, 5) is 25.4. The van der Waals surface area contributed by atoms with E-state index >= 15 is 0 Å². The van der Waals surface area contributed by atoms with Gasteiger partial charge in [0.2, 0.25) is 5.91 Å². The van der Waals surface area contributed by atoms with Crippen LogP contribution in [-0.2, 0) is 11.2 Å². The minimum absolute atomic E-state index is 0.0607. The first-order valence-electron chi connectivity index (χ1n) is 7.71. The van der Waals surface area contributed by atoms with Gasteiger partial charge in [-0.25, -0.2) is 4.39 Å². The Balaban J connectivity index is 1.58. The number of hydrazine groups is 1. The van der Waals surface area contributed by atoms with Crippen molar-refractivity contribution in [2.75, 3.05) is 0 Å². The fourth-order valence-corrected chi connectivity index (χ4v) is 3.39. The number of carbonyl (C=O) groups excluding carboxylic acids is 2. The van der Waals surface area contributed by atoms with Crippen molar-refractivity contribution >= 4 is 34.8 Å². The van der Waals surface area contributed by atoms with Gasteiger partial charge in [-0.1, -0.05) is 41.9 Å². The Labute approximate surface area is 158 Å². The number of hydrogen-bond donors (Lipinski definition) is 2. The van der Waals surface area contributed by atoms with Crippen LogP contribution < -0.4 is 10.9 Å². The lowest BCUT2D eigenvalue weighted by Crippen LogP contribution is -2.42. The van der Waals surface area contributed by atoms with Crippen molar-refractivity contribution in [3.63, 3.8) is 0 Å². The Morgan fingerprint density at radius 1 is 0.962 bits per heavy atom. The number of benzene rings is 2. The molecular weight excluding hydrogens is 375 g/mol. The van der Waals surface area contributed by atoms with E-state index in [2.05, 4.69) is 10.9 Å². The van der Waals surface area contributed by atoms with Gasteiger partial charge in [-0.05, 0) is 41.5 Å². The molecule has 1 aromatic heterocycles. The third-order valence-electron chi connectivity index (χ3n) is 3.58. The maximum Gasteiger partial charge on any atom is 0.279 e. The Bertz CT molecular complexity index is 941. The van der Waals surface area contributed by atoms with E-state index in [0.717, 1.165) is 10.4 Å². The lowest BCUT2D eigenvalue weighted by atomic mass is 10.1. The van der Waals surface area contributed by atoms with E-state index in [9.17, 15) is 14.0 Å².